The summed E-state index contributed by atoms with van der Waals surface area (Å²) in [6, 6.07) is 3.77. The summed E-state index contributed by atoms with van der Waals surface area (Å²) in [5.74, 6) is 0.297. The number of nitrogens with two attached hydrogens (primary N) is 1. The van der Waals surface area contributed by atoms with Crippen molar-refractivity contribution in [1.82, 2.24) is 9.55 Å². The Hall–Kier alpha value is -1.58. The van der Waals surface area contributed by atoms with Crippen molar-refractivity contribution in [3.63, 3.8) is 0 Å². The Morgan fingerprint density at radius 2 is 2.06 bits per heavy atom. The highest BCUT2D eigenvalue weighted by molar-refractivity contribution is 5.79. The molecule has 2 N–H and O–H groups in total. The molecule has 1 heterocycles. The van der Waals surface area contributed by atoms with Crippen LogP contribution in [0.4, 0.5) is 10.3 Å². The maximum Gasteiger partial charge on any atom is 0.201 e. The van der Waals surface area contributed by atoms with Gasteiger partial charge < -0.3 is 10.3 Å². The fourth-order valence-electron chi connectivity index (χ4n) is 2.79. The normalized spacial score (nSPS) is 17.1. The summed E-state index contributed by atoms with van der Waals surface area (Å²) in [6.45, 7) is 1.77. The number of imidazole rings is 1. The van der Waals surface area contributed by atoms with Gasteiger partial charge >= 0.3 is 0 Å². The molecule has 4 heteroatoms. The molecule has 0 aliphatic heterocycles. The minimum Gasteiger partial charge on any atom is -0.369 e. The summed E-state index contributed by atoms with van der Waals surface area (Å²) in [5.41, 5.74) is 8.24. The van der Waals surface area contributed by atoms with Crippen LogP contribution in [0.1, 0.15) is 37.3 Å². The zero-order valence-corrected chi connectivity index (χ0v) is 9.91. The van der Waals surface area contributed by atoms with Crippen molar-refractivity contribution < 1.29 is 4.39 Å². The number of fused-ring (bicyclic) bond motifs is 1. The average molecular weight is 233 g/mol. The van der Waals surface area contributed by atoms with Gasteiger partial charge in [0, 0.05) is 12.1 Å². The first-order valence-corrected chi connectivity index (χ1v) is 6.10. The molecule has 0 unspecified atom stereocenters. The Bertz CT molecular complexity index is 568. The van der Waals surface area contributed by atoms with Gasteiger partial charge in [-0.2, -0.15) is 0 Å². The van der Waals surface area contributed by atoms with Crippen molar-refractivity contribution in [2.45, 2.75) is 38.6 Å². The van der Waals surface area contributed by atoms with Crippen molar-refractivity contribution in [1.29, 1.82) is 0 Å². The van der Waals surface area contributed by atoms with Gasteiger partial charge in [0.1, 0.15) is 5.82 Å². The second-order valence-electron chi connectivity index (χ2n) is 4.87. The number of anilines is 1. The minimum absolute atomic E-state index is 0.214. The lowest BCUT2D eigenvalue weighted by Gasteiger charge is -2.14. The van der Waals surface area contributed by atoms with E-state index in [0.717, 1.165) is 18.4 Å². The molecule has 1 aromatic carbocycles. The van der Waals surface area contributed by atoms with E-state index in [0.29, 0.717) is 23.1 Å². The van der Waals surface area contributed by atoms with E-state index in [9.17, 15) is 4.39 Å². The molecule has 1 aliphatic carbocycles. The predicted molar refractivity (Wildman–Crippen MR) is 66.3 cm³/mol. The van der Waals surface area contributed by atoms with Crippen LogP contribution in [-0.2, 0) is 0 Å². The summed E-state index contributed by atoms with van der Waals surface area (Å²) >= 11 is 0. The van der Waals surface area contributed by atoms with E-state index in [2.05, 4.69) is 9.55 Å². The fraction of sp³-hybridized carbons (Fsp3) is 0.462. The van der Waals surface area contributed by atoms with Gasteiger partial charge in [-0.1, -0.05) is 12.8 Å². The molecular formula is C13H16FN3. The van der Waals surface area contributed by atoms with Gasteiger partial charge in [-0.05, 0) is 31.4 Å². The molecule has 90 valence electrons. The predicted octanol–water partition coefficient (Wildman–Crippen LogP) is 3.18. The summed E-state index contributed by atoms with van der Waals surface area (Å²) in [4.78, 5) is 4.26. The number of aromatic nitrogens is 2. The van der Waals surface area contributed by atoms with Crippen molar-refractivity contribution in [3.8, 4) is 0 Å². The van der Waals surface area contributed by atoms with Crippen molar-refractivity contribution in [3.05, 3.63) is 23.5 Å². The fourth-order valence-corrected chi connectivity index (χ4v) is 2.79. The van der Waals surface area contributed by atoms with E-state index in [1.165, 1.54) is 18.9 Å². The third-order valence-corrected chi connectivity index (χ3v) is 3.69. The molecule has 0 spiro atoms. The summed E-state index contributed by atoms with van der Waals surface area (Å²) in [6.07, 6.45) is 4.77. The maximum atomic E-state index is 13.5. The van der Waals surface area contributed by atoms with Gasteiger partial charge in [-0.15, -0.1) is 0 Å². The van der Waals surface area contributed by atoms with Gasteiger partial charge in [0.25, 0.3) is 0 Å². The van der Waals surface area contributed by atoms with Crippen LogP contribution < -0.4 is 5.73 Å². The number of rotatable bonds is 1. The third-order valence-electron chi connectivity index (χ3n) is 3.69. The van der Waals surface area contributed by atoms with E-state index < -0.39 is 0 Å². The van der Waals surface area contributed by atoms with Gasteiger partial charge in [0.05, 0.1) is 11.0 Å². The molecule has 17 heavy (non-hydrogen) atoms. The van der Waals surface area contributed by atoms with Gasteiger partial charge in [0.15, 0.2) is 0 Å². The van der Waals surface area contributed by atoms with Crippen LogP contribution in [0, 0.1) is 12.7 Å². The molecule has 1 aliphatic rings. The Labute approximate surface area is 99.4 Å². The largest absolute Gasteiger partial charge is 0.369 e. The molecule has 0 saturated heterocycles. The van der Waals surface area contributed by atoms with E-state index >= 15 is 0 Å². The molecule has 1 saturated carbocycles. The number of nitrogens with zero attached hydrogens (tertiary/aromatic N) is 2. The Morgan fingerprint density at radius 3 is 2.76 bits per heavy atom. The molecule has 3 nitrogen and oxygen atoms in total. The molecule has 0 amide bonds. The SMILES string of the molecule is Cc1cc2c(cc1F)nc(N)n2C1CCCC1. The molecular weight excluding hydrogens is 217 g/mol. The highest BCUT2D eigenvalue weighted by Gasteiger charge is 2.22. The molecule has 3 rings (SSSR count). The van der Waals surface area contributed by atoms with Crippen LogP contribution in [-0.4, -0.2) is 9.55 Å². The Balaban J connectivity index is 2.22. The second kappa shape index (κ2) is 3.72. The molecule has 2 aromatic rings. The van der Waals surface area contributed by atoms with Crippen molar-refractivity contribution in [2.75, 3.05) is 5.73 Å². The minimum atomic E-state index is -0.214. The van der Waals surface area contributed by atoms with Crippen LogP contribution in [0.15, 0.2) is 12.1 Å². The molecule has 0 bridgehead atoms. The van der Waals surface area contributed by atoms with Gasteiger partial charge in [-0.25, -0.2) is 9.37 Å². The van der Waals surface area contributed by atoms with Gasteiger partial charge in [-0.3, -0.25) is 0 Å². The van der Waals surface area contributed by atoms with Crippen LogP contribution in [0.3, 0.4) is 0 Å². The lowest BCUT2D eigenvalue weighted by molar-refractivity contribution is 0.539. The van der Waals surface area contributed by atoms with E-state index in [1.54, 1.807) is 6.92 Å². The number of nitrogen functional groups attached to an aromatic ring is 1. The van der Waals surface area contributed by atoms with Crippen LogP contribution in [0.5, 0.6) is 0 Å². The zero-order chi connectivity index (χ0) is 12.0. The Kier molecular flexibility index (Phi) is 2.31. The second-order valence-corrected chi connectivity index (χ2v) is 4.87. The first-order chi connectivity index (χ1) is 8.16. The number of benzene rings is 1. The average Bonchev–Trinajstić information content (AvgIpc) is 2.86. The van der Waals surface area contributed by atoms with Crippen LogP contribution in [0.25, 0.3) is 11.0 Å². The first-order valence-electron chi connectivity index (χ1n) is 6.10. The molecule has 1 aromatic heterocycles. The first kappa shape index (κ1) is 10.6. The summed E-state index contributed by atoms with van der Waals surface area (Å²) < 4.78 is 15.6. The summed E-state index contributed by atoms with van der Waals surface area (Å²) in [5, 5.41) is 0. The van der Waals surface area contributed by atoms with Crippen LogP contribution in [0.2, 0.25) is 0 Å². The molecule has 1 fully saturated rings. The third kappa shape index (κ3) is 1.59. The zero-order valence-electron chi connectivity index (χ0n) is 9.91. The molecule has 0 radical (unpaired) electrons. The number of hydrogen-bond acceptors (Lipinski definition) is 2. The van der Waals surface area contributed by atoms with Crippen LogP contribution >= 0.6 is 0 Å². The monoisotopic (exact) mass is 233 g/mol. The molecule has 0 atom stereocenters. The lowest BCUT2D eigenvalue weighted by atomic mass is 10.2. The standard InChI is InChI=1S/C13H16FN3/c1-8-6-12-11(7-10(8)14)16-13(15)17(12)9-4-2-3-5-9/h6-7,9H,2-5H2,1H3,(H2,15,16). The smallest absolute Gasteiger partial charge is 0.201 e. The highest BCUT2D eigenvalue weighted by Crippen LogP contribution is 2.34. The maximum absolute atomic E-state index is 13.5. The van der Waals surface area contributed by atoms with Crippen molar-refractivity contribution >= 4 is 17.0 Å². The van der Waals surface area contributed by atoms with Crippen molar-refractivity contribution in [2.24, 2.45) is 0 Å². The number of halogens is 1. The summed E-state index contributed by atoms with van der Waals surface area (Å²) in [7, 11) is 0. The lowest BCUT2D eigenvalue weighted by Crippen LogP contribution is -2.08. The number of aryl methyl sites for hydroxylation is 1. The quantitative estimate of drug-likeness (QED) is 0.822. The number of hydrogen-bond donors (Lipinski definition) is 1. The topological polar surface area (TPSA) is 43.8 Å². The Morgan fingerprint density at radius 1 is 1.35 bits per heavy atom. The van der Waals surface area contributed by atoms with E-state index in [4.69, 9.17) is 5.73 Å². The van der Waals surface area contributed by atoms with E-state index in [-0.39, 0.29) is 5.82 Å². The van der Waals surface area contributed by atoms with Gasteiger partial charge in [0.2, 0.25) is 5.95 Å². The highest BCUT2D eigenvalue weighted by atomic mass is 19.1. The van der Waals surface area contributed by atoms with E-state index in [1.807, 2.05) is 6.07 Å².